The minimum absolute atomic E-state index is 0. The van der Waals surface area contributed by atoms with E-state index in [0.29, 0.717) is 5.69 Å². The normalized spacial score (nSPS) is 9.73. The van der Waals surface area contributed by atoms with E-state index in [1.165, 1.54) is 12.1 Å². The maximum absolute atomic E-state index is 10.4. The molecule has 6 heteroatoms. The van der Waals surface area contributed by atoms with Gasteiger partial charge in [-0.15, -0.1) is 5.11 Å². The molecule has 0 aliphatic rings. The minimum atomic E-state index is -1.19. The van der Waals surface area contributed by atoms with Crippen molar-refractivity contribution in [2.75, 3.05) is 14.1 Å². The smallest absolute Gasteiger partial charge is 0.545 e. The molecule has 0 bridgehead atoms. The van der Waals surface area contributed by atoms with Crippen LogP contribution in [0.4, 0.5) is 5.69 Å². The maximum Gasteiger partial charge on any atom is 1.00 e. The van der Waals surface area contributed by atoms with Crippen LogP contribution in [0.5, 0.6) is 0 Å². The number of carboxylic acids is 1. The van der Waals surface area contributed by atoms with Gasteiger partial charge >= 0.3 is 29.6 Å². The van der Waals surface area contributed by atoms with Crippen LogP contribution in [0.15, 0.2) is 34.6 Å². The van der Waals surface area contributed by atoms with Crippen LogP contribution in [-0.4, -0.2) is 25.1 Å². The van der Waals surface area contributed by atoms with Crippen molar-refractivity contribution in [1.82, 2.24) is 5.01 Å². The van der Waals surface area contributed by atoms with Crippen molar-refractivity contribution in [3.05, 3.63) is 29.8 Å². The van der Waals surface area contributed by atoms with Crippen LogP contribution in [-0.2, 0) is 0 Å². The van der Waals surface area contributed by atoms with E-state index in [1.807, 2.05) is 0 Å². The van der Waals surface area contributed by atoms with E-state index >= 15 is 0 Å². The zero-order valence-electron chi connectivity index (χ0n) is 8.97. The Kier molecular flexibility index (Phi) is 6.15. The Morgan fingerprint density at radius 3 is 2.20 bits per heavy atom. The molecule has 0 heterocycles. The number of hydrogen-bond acceptors (Lipinski definition) is 4. The minimum Gasteiger partial charge on any atom is -0.545 e. The first-order valence-corrected chi connectivity index (χ1v) is 4.00. The summed E-state index contributed by atoms with van der Waals surface area (Å²) in [7, 11) is 3.50. The maximum atomic E-state index is 10.4. The largest absolute Gasteiger partial charge is 1.00 e. The molecule has 0 atom stereocenters. The zero-order valence-corrected chi connectivity index (χ0v) is 11.0. The molecule has 15 heavy (non-hydrogen) atoms. The van der Waals surface area contributed by atoms with E-state index in [9.17, 15) is 9.90 Å². The molecular formula is C9H10N3NaO2. The first kappa shape index (κ1) is 14.1. The first-order valence-electron chi connectivity index (χ1n) is 4.00. The summed E-state index contributed by atoms with van der Waals surface area (Å²) in [5.74, 6) is -1.19. The quantitative estimate of drug-likeness (QED) is 0.321. The molecule has 0 amide bonds. The van der Waals surface area contributed by atoms with E-state index in [4.69, 9.17) is 0 Å². The summed E-state index contributed by atoms with van der Waals surface area (Å²) in [5.41, 5.74) is 0.734. The molecule has 0 fully saturated rings. The van der Waals surface area contributed by atoms with Crippen LogP contribution in [0.25, 0.3) is 0 Å². The number of rotatable bonds is 3. The Balaban J connectivity index is 0.00000196. The van der Waals surface area contributed by atoms with Crippen molar-refractivity contribution >= 4 is 11.7 Å². The second-order valence-corrected chi connectivity index (χ2v) is 2.87. The van der Waals surface area contributed by atoms with E-state index < -0.39 is 5.97 Å². The van der Waals surface area contributed by atoms with Crippen LogP contribution >= 0.6 is 0 Å². The van der Waals surface area contributed by atoms with Crippen LogP contribution in [0, 0.1) is 0 Å². The molecular weight excluding hydrogens is 205 g/mol. The van der Waals surface area contributed by atoms with Gasteiger partial charge in [-0.05, 0) is 17.7 Å². The first-order chi connectivity index (χ1) is 6.59. The van der Waals surface area contributed by atoms with Gasteiger partial charge in [0.2, 0.25) is 0 Å². The van der Waals surface area contributed by atoms with Crippen molar-refractivity contribution in [2.24, 2.45) is 10.3 Å². The molecule has 0 radical (unpaired) electrons. The molecule has 1 rings (SSSR count). The fourth-order valence-electron chi connectivity index (χ4n) is 0.805. The predicted molar refractivity (Wildman–Crippen MR) is 49.0 cm³/mol. The van der Waals surface area contributed by atoms with Crippen molar-refractivity contribution in [2.45, 2.75) is 0 Å². The van der Waals surface area contributed by atoms with Gasteiger partial charge in [0, 0.05) is 14.1 Å². The summed E-state index contributed by atoms with van der Waals surface area (Å²) < 4.78 is 0. The van der Waals surface area contributed by atoms with Crippen LogP contribution in [0.1, 0.15) is 10.4 Å². The van der Waals surface area contributed by atoms with Gasteiger partial charge in [-0.2, -0.15) is 0 Å². The average Bonchev–Trinajstić information content (AvgIpc) is 2.15. The third-order valence-electron chi connectivity index (χ3n) is 1.44. The molecule has 0 aliphatic heterocycles. The van der Waals surface area contributed by atoms with Crippen molar-refractivity contribution < 1.29 is 39.5 Å². The summed E-state index contributed by atoms with van der Waals surface area (Å²) in [6.07, 6.45) is 0. The third kappa shape index (κ3) is 4.92. The van der Waals surface area contributed by atoms with E-state index in [2.05, 4.69) is 10.3 Å². The number of benzene rings is 1. The number of nitrogens with zero attached hydrogens (tertiary/aromatic N) is 3. The molecule has 1 aromatic carbocycles. The van der Waals surface area contributed by atoms with Gasteiger partial charge in [-0.3, -0.25) is 5.01 Å². The Labute approximate surface area is 110 Å². The van der Waals surface area contributed by atoms with Crippen LogP contribution in [0.2, 0.25) is 0 Å². The number of carbonyl (C=O) groups excluding carboxylic acids is 1. The SMILES string of the molecule is CN(C)N=Nc1ccc(C(=O)[O-])cc1.[Na+]. The van der Waals surface area contributed by atoms with Crippen molar-refractivity contribution in [3.8, 4) is 0 Å². The molecule has 0 aliphatic carbocycles. The Bertz CT molecular complexity index is 349. The number of aromatic carboxylic acids is 1. The van der Waals surface area contributed by atoms with Gasteiger partial charge in [0.05, 0.1) is 11.7 Å². The van der Waals surface area contributed by atoms with Crippen LogP contribution in [0.3, 0.4) is 0 Å². The fraction of sp³-hybridized carbons (Fsp3) is 0.222. The molecule has 5 nitrogen and oxygen atoms in total. The van der Waals surface area contributed by atoms with Gasteiger partial charge in [-0.25, -0.2) is 0 Å². The second-order valence-electron chi connectivity index (χ2n) is 2.87. The van der Waals surface area contributed by atoms with Crippen molar-refractivity contribution in [3.63, 3.8) is 0 Å². The molecule has 0 saturated heterocycles. The Morgan fingerprint density at radius 2 is 1.80 bits per heavy atom. The summed E-state index contributed by atoms with van der Waals surface area (Å²) in [4.78, 5) is 10.4. The Morgan fingerprint density at radius 1 is 1.27 bits per heavy atom. The summed E-state index contributed by atoms with van der Waals surface area (Å²) in [6.45, 7) is 0. The van der Waals surface area contributed by atoms with Gasteiger partial charge in [0.25, 0.3) is 0 Å². The predicted octanol–water partition coefficient (Wildman–Crippen LogP) is -2.39. The standard InChI is InChI=1S/C9H11N3O2.Na/c1-12(2)11-10-8-5-3-7(4-6-8)9(13)14;/h3-6H,1-2H3,(H,13,14);/q;+1/p-1. The molecule has 0 spiro atoms. The summed E-state index contributed by atoms with van der Waals surface area (Å²) in [6, 6.07) is 6.00. The molecule has 0 aromatic heterocycles. The molecule has 0 unspecified atom stereocenters. The summed E-state index contributed by atoms with van der Waals surface area (Å²) >= 11 is 0. The average molecular weight is 215 g/mol. The molecule has 74 valence electrons. The Hall–Kier alpha value is -0.910. The summed E-state index contributed by atoms with van der Waals surface area (Å²) in [5, 5.41) is 19.6. The zero-order chi connectivity index (χ0) is 10.6. The monoisotopic (exact) mass is 215 g/mol. The van der Waals surface area contributed by atoms with E-state index in [0.717, 1.165) is 0 Å². The van der Waals surface area contributed by atoms with Gasteiger partial charge < -0.3 is 9.90 Å². The van der Waals surface area contributed by atoms with Crippen molar-refractivity contribution in [1.29, 1.82) is 0 Å². The topological polar surface area (TPSA) is 68.1 Å². The second kappa shape index (κ2) is 6.55. The number of hydrogen-bond donors (Lipinski definition) is 0. The van der Waals surface area contributed by atoms with Gasteiger partial charge in [0.1, 0.15) is 0 Å². The molecule has 1 aromatic rings. The van der Waals surface area contributed by atoms with Crippen LogP contribution < -0.4 is 34.7 Å². The fourth-order valence-corrected chi connectivity index (χ4v) is 0.805. The van der Waals surface area contributed by atoms with E-state index in [-0.39, 0.29) is 35.1 Å². The van der Waals surface area contributed by atoms with Gasteiger partial charge in [-0.1, -0.05) is 17.4 Å². The molecule has 0 N–H and O–H groups in total. The number of carboxylic acid groups (broad SMARTS) is 1. The molecule has 0 saturated carbocycles. The number of carbonyl (C=O) groups is 1. The van der Waals surface area contributed by atoms with E-state index in [1.54, 1.807) is 31.2 Å². The van der Waals surface area contributed by atoms with Gasteiger partial charge in [0.15, 0.2) is 0 Å². The third-order valence-corrected chi connectivity index (χ3v) is 1.44.